The van der Waals surface area contributed by atoms with Gasteiger partial charge in [-0.3, -0.25) is 4.79 Å². The van der Waals surface area contributed by atoms with Crippen LogP contribution in [0.2, 0.25) is 0 Å². The molecule has 0 unspecified atom stereocenters. The normalized spacial score (nSPS) is 23.0. The Kier molecular flexibility index (Phi) is 3.50. The summed E-state index contributed by atoms with van der Waals surface area (Å²) in [5, 5.41) is 2.91. The Morgan fingerprint density at radius 3 is 2.74 bits per heavy atom. The molecular formula is C17H22N2O4. The number of hydrogen-bond donors (Lipinski definition) is 1. The van der Waals surface area contributed by atoms with E-state index in [-0.39, 0.29) is 12.0 Å². The van der Waals surface area contributed by atoms with E-state index in [1.165, 1.54) is 0 Å². The molecule has 2 aliphatic rings. The monoisotopic (exact) mass is 318 g/mol. The first kappa shape index (κ1) is 15.6. The number of methoxy groups -OCH3 is 1. The summed E-state index contributed by atoms with van der Waals surface area (Å²) in [6, 6.07) is 5.57. The molecule has 23 heavy (non-hydrogen) atoms. The van der Waals surface area contributed by atoms with Gasteiger partial charge in [-0.1, -0.05) is 6.07 Å². The first-order chi connectivity index (χ1) is 10.7. The fraction of sp³-hybridized carbons (Fsp3) is 0.529. The van der Waals surface area contributed by atoms with E-state index in [0.29, 0.717) is 25.3 Å². The molecular weight excluding hydrogens is 296 g/mol. The predicted molar refractivity (Wildman–Crippen MR) is 85.7 cm³/mol. The first-order valence-corrected chi connectivity index (χ1v) is 7.73. The number of fused-ring (bicyclic) bond motifs is 2. The number of rotatable bonds is 1. The minimum atomic E-state index is -0.682. The molecule has 1 aromatic carbocycles. The third-order valence-electron chi connectivity index (χ3n) is 4.35. The van der Waals surface area contributed by atoms with Crippen molar-refractivity contribution in [1.29, 1.82) is 0 Å². The Balaban J connectivity index is 1.85. The van der Waals surface area contributed by atoms with Crippen LogP contribution in [0.15, 0.2) is 18.2 Å². The average molecular weight is 318 g/mol. The maximum atomic E-state index is 12.6. The minimum Gasteiger partial charge on any atom is -0.497 e. The van der Waals surface area contributed by atoms with Crippen molar-refractivity contribution in [3.8, 4) is 5.75 Å². The standard InChI is InChI=1S/C17H22N2O4/c1-16(2,3)23-15(21)19-8-7-17(10-19)12-6-5-11(22-4)9-13(12)18-14(17)20/h5-6,9H,7-8,10H2,1-4H3,(H,18,20)/t17-/m0/s1. The molecule has 1 fully saturated rings. The lowest BCUT2D eigenvalue weighted by molar-refractivity contribution is -0.120. The van der Waals surface area contributed by atoms with E-state index in [2.05, 4.69) is 5.32 Å². The van der Waals surface area contributed by atoms with Crippen LogP contribution in [0.25, 0.3) is 0 Å². The van der Waals surface area contributed by atoms with Gasteiger partial charge in [-0.15, -0.1) is 0 Å². The second kappa shape index (κ2) is 5.15. The number of benzene rings is 1. The molecule has 3 rings (SSSR count). The molecule has 1 atom stereocenters. The van der Waals surface area contributed by atoms with Gasteiger partial charge >= 0.3 is 6.09 Å². The van der Waals surface area contributed by atoms with Gasteiger partial charge in [-0.05, 0) is 38.8 Å². The van der Waals surface area contributed by atoms with Gasteiger partial charge in [0.25, 0.3) is 0 Å². The maximum Gasteiger partial charge on any atom is 0.410 e. The number of carbonyl (C=O) groups excluding carboxylic acids is 2. The first-order valence-electron chi connectivity index (χ1n) is 7.73. The number of anilines is 1. The van der Waals surface area contributed by atoms with Crippen LogP contribution in [0, 0.1) is 0 Å². The number of carbonyl (C=O) groups is 2. The zero-order valence-corrected chi connectivity index (χ0v) is 13.9. The Bertz CT molecular complexity index is 665. The van der Waals surface area contributed by atoms with Crippen molar-refractivity contribution in [3.05, 3.63) is 23.8 Å². The molecule has 1 spiro atoms. The smallest absolute Gasteiger partial charge is 0.410 e. The van der Waals surface area contributed by atoms with E-state index in [1.54, 1.807) is 12.0 Å². The molecule has 2 amide bonds. The molecule has 6 heteroatoms. The summed E-state index contributed by atoms with van der Waals surface area (Å²) in [4.78, 5) is 26.5. The lowest BCUT2D eigenvalue weighted by atomic mass is 9.81. The molecule has 0 bridgehead atoms. The molecule has 2 heterocycles. The number of nitrogens with one attached hydrogen (secondary N) is 1. The number of ether oxygens (including phenoxy) is 2. The van der Waals surface area contributed by atoms with Gasteiger partial charge in [-0.25, -0.2) is 4.79 Å². The highest BCUT2D eigenvalue weighted by atomic mass is 16.6. The zero-order chi connectivity index (χ0) is 16.8. The number of amides is 2. The molecule has 0 radical (unpaired) electrons. The van der Waals surface area contributed by atoms with Crippen molar-refractivity contribution in [2.24, 2.45) is 0 Å². The molecule has 0 aromatic heterocycles. The van der Waals surface area contributed by atoms with E-state index in [4.69, 9.17) is 9.47 Å². The minimum absolute atomic E-state index is 0.0631. The molecule has 0 saturated carbocycles. The highest BCUT2D eigenvalue weighted by Crippen LogP contribution is 2.45. The van der Waals surface area contributed by atoms with E-state index in [0.717, 1.165) is 11.3 Å². The third kappa shape index (κ3) is 2.62. The maximum absolute atomic E-state index is 12.6. The van der Waals surface area contributed by atoms with Crippen molar-refractivity contribution >= 4 is 17.7 Å². The fourth-order valence-electron chi connectivity index (χ4n) is 3.23. The number of likely N-dealkylation sites (tertiary alicyclic amines) is 1. The SMILES string of the molecule is COc1ccc2c(c1)NC(=O)[C@]21CCN(C(=O)OC(C)(C)C)C1. The van der Waals surface area contributed by atoms with E-state index >= 15 is 0 Å². The van der Waals surface area contributed by atoms with E-state index in [9.17, 15) is 9.59 Å². The molecule has 0 aliphatic carbocycles. The quantitative estimate of drug-likeness (QED) is 0.864. The molecule has 124 valence electrons. The zero-order valence-electron chi connectivity index (χ0n) is 13.9. The molecule has 1 aromatic rings. The third-order valence-corrected chi connectivity index (χ3v) is 4.35. The van der Waals surface area contributed by atoms with Crippen LogP contribution in [-0.4, -0.2) is 42.7 Å². The average Bonchev–Trinajstić information content (AvgIpc) is 3.01. The van der Waals surface area contributed by atoms with Crippen LogP contribution in [0.5, 0.6) is 5.75 Å². The van der Waals surface area contributed by atoms with Crippen LogP contribution < -0.4 is 10.1 Å². The number of nitrogens with zero attached hydrogens (tertiary/aromatic N) is 1. The highest BCUT2D eigenvalue weighted by Gasteiger charge is 2.52. The summed E-state index contributed by atoms with van der Waals surface area (Å²) >= 11 is 0. The summed E-state index contributed by atoms with van der Waals surface area (Å²) in [6.07, 6.45) is 0.223. The second-order valence-corrected chi connectivity index (χ2v) is 7.10. The summed E-state index contributed by atoms with van der Waals surface area (Å²) in [5.41, 5.74) is 0.462. The lowest BCUT2D eigenvalue weighted by Gasteiger charge is -2.26. The second-order valence-electron chi connectivity index (χ2n) is 7.10. The van der Waals surface area contributed by atoms with Crippen molar-refractivity contribution < 1.29 is 19.1 Å². The Morgan fingerprint density at radius 1 is 1.35 bits per heavy atom. The molecule has 6 nitrogen and oxygen atoms in total. The highest BCUT2D eigenvalue weighted by molar-refractivity contribution is 6.07. The summed E-state index contributed by atoms with van der Waals surface area (Å²) in [6.45, 7) is 6.35. The molecule has 2 aliphatic heterocycles. The Hall–Kier alpha value is -2.24. The van der Waals surface area contributed by atoms with Crippen LogP contribution in [-0.2, 0) is 14.9 Å². The Labute approximate surface area is 135 Å². The summed E-state index contributed by atoms with van der Waals surface area (Å²) < 4.78 is 10.6. The summed E-state index contributed by atoms with van der Waals surface area (Å²) in [5.74, 6) is 0.634. The molecule has 1 N–H and O–H groups in total. The van der Waals surface area contributed by atoms with Crippen molar-refractivity contribution in [2.75, 3.05) is 25.5 Å². The van der Waals surface area contributed by atoms with Crippen LogP contribution in [0.3, 0.4) is 0 Å². The Morgan fingerprint density at radius 2 is 2.09 bits per heavy atom. The van der Waals surface area contributed by atoms with E-state index in [1.807, 2.05) is 39.0 Å². The van der Waals surface area contributed by atoms with Gasteiger partial charge in [0.2, 0.25) is 5.91 Å². The van der Waals surface area contributed by atoms with Gasteiger partial charge in [0.1, 0.15) is 11.4 Å². The largest absolute Gasteiger partial charge is 0.497 e. The van der Waals surface area contributed by atoms with Crippen LogP contribution in [0.4, 0.5) is 10.5 Å². The van der Waals surface area contributed by atoms with Crippen LogP contribution in [0.1, 0.15) is 32.8 Å². The molecule has 1 saturated heterocycles. The van der Waals surface area contributed by atoms with Gasteiger partial charge in [0, 0.05) is 24.8 Å². The van der Waals surface area contributed by atoms with E-state index < -0.39 is 11.0 Å². The van der Waals surface area contributed by atoms with Gasteiger partial charge in [0.15, 0.2) is 0 Å². The van der Waals surface area contributed by atoms with Crippen molar-refractivity contribution in [3.63, 3.8) is 0 Å². The topological polar surface area (TPSA) is 67.9 Å². The fourth-order valence-corrected chi connectivity index (χ4v) is 3.23. The van der Waals surface area contributed by atoms with Crippen molar-refractivity contribution in [2.45, 2.75) is 38.2 Å². The van der Waals surface area contributed by atoms with Gasteiger partial charge in [0.05, 0.1) is 12.5 Å². The van der Waals surface area contributed by atoms with Crippen LogP contribution >= 0.6 is 0 Å². The van der Waals surface area contributed by atoms with Gasteiger partial charge in [-0.2, -0.15) is 0 Å². The van der Waals surface area contributed by atoms with Crippen molar-refractivity contribution in [1.82, 2.24) is 4.90 Å². The number of hydrogen-bond acceptors (Lipinski definition) is 4. The predicted octanol–water partition coefficient (Wildman–Crippen LogP) is 2.53. The lowest BCUT2D eigenvalue weighted by Crippen LogP contribution is -2.41. The van der Waals surface area contributed by atoms with Gasteiger partial charge < -0.3 is 19.7 Å². The summed E-state index contributed by atoms with van der Waals surface area (Å²) in [7, 11) is 1.59.